The minimum absolute atomic E-state index is 0.483. The molecule has 0 unspecified atom stereocenters. The van der Waals surface area contributed by atoms with Gasteiger partial charge < -0.3 is 5.41 Å². The van der Waals surface area contributed by atoms with Crippen molar-refractivity contribution in [2.75, 3.05) is 0 Å². The molecule has 13 heavy (non-hydrogen) atoms. The van der Waals surface area contributed by atoms with Gasteiger partial charge in [0.1, 0.15) is 7.28 Å². The van der Waals surface area contributed by atoms with Crippen LogP contribution in [0.3, 0.4) is 0 Å². The first-order chi connectivity index (χ1) is 6.20. The van der Waals surface area contributed by atoms with E-state index in [9.17, 15) is 0 Å². The molecule has 0 saturated heterocycles. The van der Waals surface area contributed by atoms with Crippen LogP contribution >= 0.6 is 0 Å². The minimum Gasteiger partial charge on any atom is -0.308 e. The summed E-state index contributed by atoms with van der Waals surface area (Å²) in [6.07, 6.45) is 1.45. The molecule has 0 bridgehead atoms. The zero-order chi connectivity index (χ0) is 9.84. The van der Waals surface area contributed by atoms with Gasteiger partial charge in [-0.2, -0.15) is 0 Å². The number of nitrogens with one attached hydrogen (secondary N) is 1. The third-order valence-electron chi connectivity index (χ3n) is 2.25. The van der Waals surface area contributed by atoms with Crippen molar-refractivity contribution in [3.05, 3.63) is 29.3 Å². The molecular weight excluding hydrogens is 157 g/mol. The second kappa shape index (κ2) is 4.26. The third kappa shape index (κ3) is 2.00. The van der Waals surface area contributed by atoms with Crippen LogP contribution in [0.4, 0.5) is 0 Å². The van der Waals surface area contributed by atoms with E-state index in [-0.39, 0.29) is 0 Å². The maximum absolute atomic E-state index is 7.38. The molecule has 0 amide bonds. The van der Waals surface area contributed by atoms with Gasteiger partial charge in [0.25, 0.3) is 0 Å². The average Bonchev–Trinajstić information content (AvgIpc) is 2.16. The molecule has 0 aliphatic heterocycles. The van der Waals surface area contributed by atoms with E-state index >= 15 is 0 Å². The van der Waals surface area contributed by atoms with Crippen molar-refractivity contribution < 1.29 is 0 Å². The fraction of sp³-hybridized carbons (Fsp3) is 0.364. The number of hydrogen-bond donors (Lipinski definition) is 1. The lowest BCUT2D eigenvalue weighted by molar-refractivity contribution is 0.866. The van der Waals surface area contributed by atoms with Crippen LogP contribution in [0.25, 0.3) is 0 Å². The molecule has 0 aliphatic carbocycles. The van der Waals surface area contributed by atoms with Crippen LogP contribution in [-0.4, -0.2) is 13.5 Å². The maximum Gasteiger partial charge on any atom is 0.149 e. The van der Waals surface area contributed by atoms with E-state index in [1.165, 1.54) is 11.8 Å². The molecule has 67 valence electrons. The zero-order valence-electron chi connectivity index (χ0n) is 8.46. The molecule has 1 radical (unpaired) electrons. The standard InChI is InChI=1S/C11H15BN/c1-8(2)9-5-4-6-11(12-3)10(9)7-13/h4-8,13H,1-3H3. The summed E-state index contributed by atoms with van der Waals surface area (Å²) in [5, 5.41) is 7.38. The predicted molar refractivity (Wildman–Crippen MR) is 59.7 cm³/mol. The van der Waals surface area contributed by atoms with Gasteiger partial charge in [-0.1, -0.05) is 44.3 Å². The molecule has 0 aliphatic rings. The van der Waals surface area contributed by atoms with Crippen molar-refractivity contribution in [2.45, 2.75) is 26.6 Å². The molecule has 0 fully saturated rings. The van der Waals surface area contributed by atoms with E-state index < -0.39 is 0 Å². The van der Waals surface area contributed by atoms with E-state index in [2.05, 4.69) is 26.0 Å². The first kappa shape index (κ1) is 10.0. The SMILES string of the molecule is C[B]c1cccc(C(C)C)c1C=N. The summed E-state index contributed by atoms with van der Waals surface area (Å²) in [6, 6.07) is 6.20. The lowest BCUT2D eigenvalue weighted by atomic mass is 9.69. The molecule has 1 aromatic carbocycles. The van der Waals surface area contributed by atoms with Gasteiger partial charge in [0.2, 0.25) is 0 Å². The summed E-state index contributed by atoms with van der Waals surface area (Å²) in [5.74, 6) is 0.483. The molecular formula is C11H15BN. The van der Waals surface area contributed by atoms with Crippen molar-refractivity contribution in [1.82, 2.24) is 0 Å². The Morgan fingerprint density at radius 3 is 2.54 bits per heavy atom. The highest BCUT2D eigenvalue weighted by Gasteiger charge is 2.07. The van der Waals surface area contributed by atoms with Gasteiger partial charge in [0.15, 0.2) is 0 Å². The fourth-order valence-corrected chi connectivity index (χ4v) is 1.52. The molecule has 0 atom stereocenters. The second-order valence-corrected chi connectivity index (χ2v) is 3.44. The highest BCUT2D eigenvalue weighted by Crippen LogP contribution is 2.16. The molecule has 1 aromatic rings. The topological polar surface area (TPSA) is 23.9 Å². The van der Waals surface area contributed by atoms with E-state index in [1.54, 1.807) is 0 Å². The quantitative estimate of drug-likeness (QED) is 0.533. The third-order valence-corrected chi connectivity index (χ3v) is 2.25. The fourth-order valence-electron chi connectivity index (χ4n) is 1.52. The molecule has 1 N–H and O–H groups in total. The molecule has 0 saturated carbocycles. The van der Waals surface area contributed by atoms with Crippen LogP contribution in [0.2, 0.25) is 6.82 Å². The Hall–Kier alpha value is -1.05. The normalized spacial score (nSPS) is 10.2. The number of benzene rings is 1. The molecule has 1 rings (SSSR count). The highest BCUT2D eigenvalue weighted by molar-refractivity contribution is 6.53. The van der Waals surface area contributed by atoms with Gasteiger partial charge in [-0.05, 0) is 17.0 Å². The Labute approximate surface area is 80.9 Å². The summed E-state index contributed by atoms with van der Waals surface area (Å²) in [6.45, 7) is 6.32. The summed E-state index contributed by atoms with van der Waals surface area (Å²) in [7, 11) is 2.05. The smallest absolute Gasteiger partial charge is 0.149 e. The number of hydrogen-bond acceptors (Lipinski definition) is 1. The summed E-state index contributed by atoms with van der Waals surface area (Å²) in [4.78, 5) is 0. The van der Waals surface area contributed by atoms with Gasteiger partial charge in [-0.25, -0.2) is 0 Å². The van der Waals surface area contributed by atoms with E-state index in [1.807, 2.05) is 20.2 Å². The predicted octanol–water partition coefficient (Wildman–Crippen LogP) is 2.19. The Bertz CT molecular complexity index is 305. The van der Waals surface area contributed by atoms with Crippen LogP contribution < -0.4 is 5.46 Å². The Kier molecular flexibility index (Phi) is 3.29. The zero-order valence-corrected chi connectivity index (χ0v) is 8.46. The van der Waals surface area contributed by atoms with Crippen LogP contribution in [0.1, 0.15) is 30.9 Å². The minimum atomic E-state index is 0.483. The van der Waals surface area contributed by atoms with Crippen molar-refractivity contribution in [3.63, 3.8) is 0 Å². The highest BCUT2D eigenvalue weighted by atomic mass is 14.3. The van der Waals surface area contributed by atoms with Crippen LogP contribution in [-0.2, 0) is 0 Å². The Morgan fingerprint density at radius 1 is 1.38 bits per heavy atom. The van der Waals surface area contributed by atoms with Crippen molar-refractivity contribution in [1.29, 1.82) is 5.41 Å². The van der Waals surface area contributed by atoms with Crippen LogP contribution in [0.15, 0.2) is 18.2 Å². The molecule has 0 spiro atoms. The van der Waals surface area contributed by atoms with E-state index in [0.717, 1.165) is 11.0 Å². The van der Waals surface area contributed by atoms with E-state index in [4.69, 9.17) is 5.41 Å². The van der Waals surface area contributed by atoms with Gasteiger partial charge in [-0.3, -0.25) is 0 Å². The molecule has 2 heteroatoms. The summed E-state index contributed by atoms with van der Waals surface area (Å²) >= 11 is 0. The monoisotopic (exact) mass is 172 g/mol. The summed E-state index contributed by atoms with van der Waals surface area (Å²) < 4.78 is 0. The van der Waals surface area contributed by atoms with Crippen molar-refractivity contribution in [2.24, 2.45) is 0 Å². The summed E-state index contributed by atoms with van der Waals surface area (Å²) in [5.41, 5.74) is 3.46. The lowest BCUT2D eigenvalue weighted by Crippen LogP contribution is -2.18. The van der Waals surface area contributed by atoms with Gasteiger partial charge in [0.05, 0.1) is 0 Å². The Morgan fingerprint density at radius 2 is 2.08 bits per heavy atom. The maximum atomic E-state index is 7.38. The second-order valence-electron chi connectivity index (χ2n) is 3.44. The first-order valence-electron chi connectivity index (χ1n) is 4.63. The molecule has 0 aromatic heterocycles. The molecule has 0 heterocycles. The van der Waals surface area contributed by atoms with Crippen molar-refractivity contribution in [3.8, 4) is 0 Å². The van der Waals surface area contributed by atoms with Gasteiger partial charge in [0, 0.05) is 6.21 Å². The van der Waals surface area contributed by atoms with Gasteiger partial charge in [-0.15, -0.1) is 0 Å². The van der Waals surface area contributed by atoms with Crippen LogP contribution in [0.5, 0.6) is 0 Å². The average molecular weight is 172 g/mol. The van der Waals surface area contributed by atoms with E-state index in [0.29, 0.717) is 5.92 Å². The van der Waals surface area contributed by atoms with Crippen molar-refractivity contribution >= 4 is 19.0 Å². The van der Waals surface area contributed by atoms with Gasteiger partial charge >= 0.3 is 0 Å². The number of rotatable bonds is 3. The first-order valence-corrected chi connectivity index (χ1v) is 4.63. The largest absolute Gasteiger partial charge is 0.308 e. The lowest BCUT2D eigenvalue weighted by Gasteiger charge is -2.12. The van der Waals surface area contributed by atoms with Crippen LogP contribution in [0, 0.1) is 5.41 Å². The molecule has 1 nitrogen and oxygen atoms in total. The Balaban J connectivity index is 3.27.